The first-order chi connectivity index (χ1) is 15.6. The van der Waals surface area contributed by atoms with Crippen LogP contribution in [0.15, 0.2) is 36.4 Å². The van der Waals surface area contributed by atoms with Crippen molar-refractivity contribution >= 4 is 17.4 Å². The fourth-order valence-electron chi connectivity index (χ4n) is 4.11. The van der Waals surface area contributed by atoms with Crippen LogP contribution in [0.4, 0.5) is 0 Å². The Morgan fingerprint density at radius 1 is 1.18 bits per heavy atom. The molecule has 0 radical (unpaired) electrons. The summed E-state index contributed by atoms with van der Waals surface area (Å²) in [5.41, 5.74) is 2.92. The van der Waals surface area contributed by atoms with Gasteiger partial charge in [-0.15, -0.1) is 0 Å². The standard InChI is InChI=1S/C28H39ClO4/c1-6-14-33-23-12-13-27(29)21(17-23)16-22(31)11-10-20(3)24-8-7-9-26(28(4,5)32)25(24)15-19(2)18-30/h7-9,12-13,17,19-20,30,32H,6,10-11,14-16,18H2,1-5H3/t19-,20-/m1/s1. The average molecular weight is 475 g/mol. The maximum Gasteiger partial charge on any atom is 0.137 e. The van der Waals surface area contributed by atoms with Crippen LogP contribution < -0.4 is 4.74 Å². The zero-order chi connectivity index (χ0) is 24.6. The van der Waals surface area contributed by atoms with Crippen molar-refractivity contribution in [3.05, 3.63) is 63.7 Å². The molecular weight excluding hydrogens is 436 g/mol. The highest BCUT2D eigenvalue weighted by molar-refractivity contribution is 6.31. The Hall–Kier alpha value is -1.88. The van der Waals surface area contributed by atoms with Gasteiger partial charge in [0.25, 0.3) is 0 Å². The summed E-state index contributed by atoms with van der Waals surface area (Å²) in [6.45, 7) is 10.5. The first kappa shape index (κ1) is 27.4. The molecule has 0 aromatic heterocycles. The van der Waals surface area contributed by atoms with Crippen LogP contribution in [0.3, 0.4) is 0 Å². The number of aliphatic hydroxyl groups is 2. The molecule has 0 unspecified atom stereocenters. The summed E-state index contributed by atoms with van der Waals surface area (Å²) in [6.07, 6.45) is 3.04. The normalized spacial score (nSPS) is 13.6. The van der Waals surface area contributed by atoms with E-state index in [9.17, 15) is 15.0 Å². The van der Waals surface area contributed by atoms with Gasteiger partial charge in [-0.3, -0.25) is 4.79 Å². The quantitative estimate of drug-likeness (QED) is 0.361. The lowest BCUT2D eigenvalue weighted by atomic mass is 9.81. The molecule has 182 valence electrons. The third kappa shape index (κ3) is 8.13. The van der Waals surface area contributed by atoms with Gasteiger partial charge < -0.3 is 14.9 Å². The third-order valence-corrected chi connectivity index (χ3v) is 6.37. The van der Waals surface area contributed by atoms with E-state index in [0.717, 1.165) is 34.4 Å². The van der Waals surface area contributed by atoms with Crippen LogP contribution in [0, 0.1) is 5.92 Å². The third-order valence-electron chi connectivity index (χ3n) is 6.00. The first-order valence-corrected chi connectivity index (χ1v) is 12.3. The molecule has 0 aliphatic rings. The van der Waals surface area contributed by atoms with E-state index in [-0.39, 0.29) is 30.6 Å². The fraction of sp³-hybridized carbons (Fsp3) is 0.536. The number of ether oxygens (including phenoxy) is 1. The second-order valence-electron chi connectivity index (χ2n) is 9.68. The number of aliphatic hydroxyl groups excluding tert-OH is 1. The number of carbonyl (C=O) groups is 1. The number of ketones is 1. The smallest absolute Gasteiger partial charge is 0.137 e. The van der Waals surface area contributed by atoms with Crippen LogP contribution in [-0.4, -0.2) is 29.2 Å². The molecule has 0 spiro atoms. The number of carbonyl (C=O) groups excluding carboxylic acids is 1. The number of benzene rings is 2. The van der Waals surface area contributed by atoms with Gasteiger partial charge in [0, 0.05) is 24.5 Å². The van der Waals surface area contributed by atoms with Gasteiger partial charge in [-0.25, -0.2) is 0 Å². The van der Waals surface area contributed by atoms with Gasteiger partial charge in [0.15, 0.2) is 0 Å². The van der Waals surface area contributed by atoms with E-state index in [4.69, 9.17) is 16.3 Å². The molecule has 0 aliphatic heterocycles. The lowest BCUT2D eigenvalue weighted by molar-refractivity contribution is -0.118. The van der Waals surface area contributed by atoms with Crippen molar-refractivity contribution in [3.63, 3.8) is 0 Å². The van der Waals surface area contributed by atoms with Crippen LogP contribution >= 0.6 is 11.6 Å². The van der Waals surface area contributed by atoms with Gasteiger partial charge >= 0.3 is 0 Å². The summed E-state index contributed by atoms with van der Waals surface area (Å²) in [5, 5.41) is 20.9. The van der Waals surface area contributed by atoms with E-state index >= 15 is 0 Å². The fourth-order valence-corrected chi connectivity index (χ4v) is 4.29. The topological polar surface area (TPSA) is 66.8 Å². The minimum atomic E-state index is -0.975. The molecular formula is C28H39ClO4. The van der Waals surface area contributed by atoms with Crippen LogP contribution in [0.1, 0.15) is 82.1 Å². The van der Waals surface area contributed by atoms with Crippen molar-refractivity contribution in [3.8, 4) is 5.75 Å². The minimum absolute atomic E-state index is 0.0884. The second kappa shape index (κ2) is 12.5. The van der Waals surface area contributed by atoms with Crippen LogP contribution in [0.5, 0.6) is 5.75 Å². The van der Waals surface area contributed by atoms with Crippen molar-refractivity contribution in [1.29, 1.82) is 0 Å². The largest absolute Gasteiger partial charge is 0.494 e. The molecule has 0 amide bonds. The van der Waals surface area contributed by atoms with Gasteiger partial charge in [-0.2, -0.15) is 0 Å². The highest BCUT2D eigenvalue weighted by atomic mass is 35.5. The first-order valence-electron chi connectivity index (χ1n) is 11.9. The van der Waals surface area contributed by atoms with Crippen molar-refractivity contribution in [2.24, 2.45) is 5.92 Å². The molecule has 5 heteroatoms. The Balaban J connectivity index is 2.13. The molecule has 2 rings (SSSR count). The van der Waals surface area contributed by atoms with Gasteiger partial charge in [-0.05, 0) is 85.4 Å². The molecule has 0 saturated carbocycles. The average Bonchev–Trinajstić information content (AvgIpc) is 2.77. The maximum atomic E-state index is 12.8. The number of hydrogen-bond acceptors (Lipinski definition) is 4. The SMILES string of the molecule is CCCOc1ccc(Cl)c(CC(=O)CC[C@@H](C)c2cccc(C(C)(C)O)c2C[C@@H](C)CO)c1. The number of hydrogen-bond donors (Lipinski definition) is 2. The maximum absolute atomic E-state index is 12.8. The molecule has 0 aliphatic carbocycles. The van der Waals surface area contributed by atoms with Crippen molar-refractivity contribution in [1.82, 2.24) is 0 Å². The van der Waals surface area contributed by atoms with Gasteiger partial charge in [0.05, 0.1) is 12.2 Å². The molecule has 33 heavy (non-hydrogen) atoms. The monoisotopic (exact) mass is 474 g/mol. The van der Waals surface area contributed by atoms with E-state index in [0.29, 0.717) is 30.9 Å². The molecule has 4 nitrogen and oxygen atoms in total. The molecule has 2 atom stereocenters. The minimum Gasteiger partial charge on any atom is -0.494 e. The predicted octanol–water partition coefficient (Wildman–Crippen LogP) is 6.22. The summed E-state index contributed by atoms with van der Waals surface area (Å²) >= 11 is 6.32. The summed E-state index contributed by atoms with van der Waals surface area (Å²) < 4.78 is 5.67. The summed E-state index contributed by atoms with van der Waals surface area (Å²) in [5.74, 6) is 1.11. The Labute approximate surface area is 203 Å². The Bertz CT molecular complexity index is 917. The number of Topliss-reactive ketones (excluding diaryl/α,β-unsaturated/α-hetero) is 1. The van der Waals surface area contributed by atoms with Crippen LogP contribution in [0.2, 0.25) is 5.02 Å². The molecule has 0 heterocycles. The highest BCUT2D eigenvalue weighted by Gasteiger charge is 2.24. The van der Waals surface area contributed by atoms with Crippen molar-refractivity contribution in [2.45, 2.75) is 78.2 Å². The lowest BCUT2D eigenvalue weighted by Crippen LogP contribution is -2.21. The Morgan fingerprint density at radius 2 is 1.91 bits per heavy atom. The molecule has 2 N–H and O–H groups in total. The van der Waals surface area contributed by atoms with Crippen LogP contribution in [0.25, 0.3) is 0 Å². The number of halogens is 1. The van der Waals surface area contributed by atoms with E-state index in [1.807, 2.05) is 31.2 Å². The Morgan fingerprint density at radius 3 is 2.55 bits per heavy atom. The van der Waals surface area contributed by atoms with Gasteiger partial charge in [-0.1, -0.05) is 50.6 Å². The lowest BCUT2D eigenvalue weighted by Gasteiger charge is -2.27. The zero-order valence-electron chi connectivity index (χ0n) is 20.7. The van der Waals surface area contributed by atoms with E-state index in [2.05, 4.69) is 19.9 Å². The molecule has 0 bridgehead atoms. The van der Waals surface area contributed by atoms with Gasteiger partial charge in [0.1, 0.15) is 11.5 Å². The molecule has 0 fully saturated rings. The van der Waals surface area contributed by atoms with Crippen molar-refractivity contribution in [2.75, 3.05) is 13.2 Å². The molecule has 0 saturated heterocycles. The van der Waals surface area contributed by atoms with Crippen LogP contribution in [-0.2, 0) is 23.2 Å². The van der Waals surface area contributed by atoms with E-state index < -0.39 is 5.60 Å². The summed E-state index contributed by atoms with van der Waals surface area (Å²) in [4.78, 5) is 12.8. The predicted molar refractivity (Wildman–Crippen MR) is 135 cm³/mol. The second-order valence-corrected chi connectivity index (χ2v) is 10.1. The highest BCUT2D eigenvalue weighted by Crippen LogP contribution is 2.34. The zero-order valence-corrected chi connectivity index (χ0v) is 21.4. The summed E-state index contributed by atoms with van der Waals surface area (Å²) in [6, 6.07) is 11.5. The molecule has 2 aromatic carbocycles. The van der Waals surface area contributed by atoms with Crippen molar-refractivity contribution < 1.29 is 19.7 Å². The van der Waals surface area contributed by atoms with Gasteiger partial charge in [0.2, 0.25) is 0 Å². The number of rotatable bonds is 13. The van der Waals surface area contributed by atoms with E-state index in [1.54, 1.807) is 19.9 Å². The van der Waals surface area contributed by atoms with E-state index in [1.165, 1.54) is 0 Å². The molecule has 2 aromatic rings. The summed E-state index contributed by atoms with van der Waals surface area (Å²) in [7, 11) is 0. The Kier molecular flexibility index (Phi) is 10.4.